The van der Waals surface area contributed by atoms with E-state index in [0.29, 0.717) is 0 Å². The van der Waals surface area contributed by atoms with Gasteiger partial charge < -0.3 is 0 Å². The molecule has 0 aliphatic rings. The fraction of sp³-hybridized carbons (Fsp3) is 0.122. The van der Waals surface area contributed by atoms with E-state index in [-0.39, 0.29) is 10.8 Å². The van der Waals surface area contributed by atoms with E-state index in [1.54, 1.807) is 0 Å². The van der Waals surface area contributed by atoms with E-state index < -0.39 is 0 Å². The van der Waals surface area contributed by atoms with Crippen molar-refractivity contribution in [3.05, 3.63) is 214 Å². The maximum Gasteiger partial charge on any atom is 0.0423 e. The molecule has 41 heavy (non-hydrogen) atoms. The minimum Gasteiger partial charge on any atom is -0.0622 e. The summed E-state index contributed by atoms with van der Waals surface area (Å²) in [5, 5.41) is 0. The minimum atomic E-state index is -0.220. The Labute approximate surface area is 245 Å². The maximum absolute atomic E-state index is 2.34. The third-order valence-electron chi connectivity index (χ3n) is 8.88. The molecule has 0 atom stereocenters. The molecule has 0 heteroatoms. The molecule has 0 fully saturated rings. The lowest BCUT2D eigenvalue weighted by atomic mass is 9.71. The Balaban J connectivity index is 1.28. The number of benzene rings is 6. The van der Waals surface area contributed by atoms with Gasteiger partial charge in [-0.3, -0.25) is 0 Å². The summed E-state index contributed by atoms with van der Waals surface area (Å²) < 4.78 is 0. The first-order valence-corrected chi connectivity index (χ1v) is 14.5. The van der Waals surface area contributed by atoms with E-state index in [1.165, 1.54) is 44.5 Å². The molecule has 0 N–H and O–H groups in total. The molecule has 6 aromatic carbocycles. The van der Waals surface area contributed by atoms with E-state index in [9.17, 15) is 0 Å². The largest absolute Gasteiger partial charge is 0.0622 e. The number of hydrogen-bond donors (Lipinski definition) is 0. The zero-order valence-corrected chi connectivity index (χ0v) is 23.9. The van der Waals surface area contributed by atoms with Crippen LogP contribution in [0.25, 0.3) is 0 Å². The van der Waals surface area contributed by atoms with Crippen molar-refractivity contribution in [3.63, 3.8) is 0 Å². The molecule has 200 valence electrons. The monoisotopic (exact) mass is 528 g/mol. The van der Waals surface area contributed by atoms with Crippen LogP contribution in [-0.4, -0.2) is 0 Å². The summed E-state index contributed by atoms with van der Waals surface area (Å²) in [4.78, 5) is 0. The predicted octanol–water partition coefficient (Wildman–Crippen LogP) is 9.99. The van der Waals surface area contributed by atoms with Crippen molar-refractivity contribution in [2.45, 2.75) is 31.1 Å². The van der Waals surface area contributed by atoms with Crippen molar-refractivity contribution in [2.24, 2.45) is 0 Å². The van der Waals surface area contributed by atoms with Crippen LogP contribution >= 0.6 is 0 Å². The van der Waals surface area contributed by atoms with Crippen LogP contribution in [0.5, 0.6) is 0 Å². The lowest BCUT2D eigenvalue weighted by Crippen LogP contribution is -2.25. The average Bonchev–Trinajstić information content (AvgIpc) is 3.06. The molecule has 0 aliphatic heterocycles. The number of rotatable bonds is 8. The van der Waals surface area contributed by atoms with E-state index in [2.05, 4.69) is 184 Å². The first-order valence-electron chi connectivity index (χ1n) is 14.5. The Morgan fingerprint density at radius 2 is 0.512 bits per heavy atom. The molecule has 6 aromatic rings. The predicted molar refractivity (Wildman–Crippen MR) is 173 cm³/mol. The van der Waals surface area contributed by atoms with Crippen molar-refractivity contribution in [2.75, 3.05) is 0 Å². The lowest BCUT2D eigenvalue weighted by molar-refractivity contribution is 0.691. The second-order valence-electron chi connectivity index (χ2n) is 11.3. The molecule has 0 heterocycles. The topological polar surface area (TPSA) is 0 Å². The molecule has 0 aromatic heterocycles. The Kier molecular flexibility index (Phi) is 7.40. The Bertz CT molecular complexity index is 1460. The van der Waals surface area contributed by atoms with Crippen LogP contribution in [-0.2, 0) is 17.3 Å². The Morgan fingerprint density at radius 3 is 0.756 bits per heavy atom. The van der Waals surface area contributed by atoms with Gasteiger partial charge in [0.15, 0.2) is 0 Å². The van der Waals surface area contributed by atoms with E-state index in [1.807, 2.05) is 0 Å². The summed E-state index contributed by atoms with van der Waals surface area (Å²) in [6.07, 6.45) is 0.904. The van der Waals surface area contributed by atoms with Gasteiger partial charge in [0.05, 0.1) is 0 Å². The highest BCUT2D eigenvalue weighted by Crippen LogP contribution is 2.40. The van der Waals surface area contributed by atoms with Crippen LogP contribution in [0.15, 0.2) is 170 Å². The second-order valence-corrected chi connectivity index (χ2v) is 11.3. The average molecular weight is 529 g/mol. The van der Waals surface area contributed by atoms with Gasteiger partial charge in [-0.05, 0) is 64.8 Å². The van der Waals surface area contributed by atoms with Gasteiger partial charge in [0.2, 0.25) is 0 Å². The fourth-order valence-corrected chi connectivity index (χ4v) is 6.23. The van der Waals surface area contributed by atoms with Gasteiger partial charge in [-0.1, -0.05) is 170 Å². The first kappa shape index (κ1) is 26.5. The molecule has 0 saturated heterocycles. The Morgan fingerprint density at radius 1 is 0.293 bits per heavy atom. The molecule has 0 nitrogen and oxygen atoms in total. The highest BCUT2D eigenvalue weighted by atomic mass is 14.3. The molecule has 0 amide bonds. The van der Waals surface area contributed by atoms with Crippen LogP contribution in [0.1, 0.15) is 58.4 Å². The van der Waals surface area contributed by atoms with Gasteiger partial charge >= 0.3 is 0 Å². The highest BCUT2D eigenvalue weighted by Gasteiger charge is 2.32. The van der Waals surface area contributed by atoms with Gasteiger partial charge in [-0.15, -0.1) is 0 Å². The molecule has 6 rings (SSSR count). The molecule has 0 spiro atoms. The van der Waals surface area contributed by atoms with Crippen LogP contribution in [0, 0.1) is 0 Å². The van der Waals surface area contributed by atoms with Gasteiger partial charge in [-0.2, -0.15) is 0 Å². The van der Waals surface area contributed by atoms with E-state index >= 15 is 0 Å². The van der Waals surface area contributed by atoms with Crippen LogP contribution in [0.3, 0.4) is 0 Å². The lowest BCUT2D eigenvalue weighted by Gasteiger charge is -2.32. The molecule has 0 aliphatic carbocycles. The molecular formula is C41H36. The minimum absolute atomic E-state index is 0.220. The quantitative estimate of drug-likeness (QED) is 0.172. The molecular weight excluding hydrogens is 492 g/mol. The van der Waals surface area contributed by atoms with E-state index in [4.69, 9.17) is 0 Å². The van der Waals surface area contributed by atoms with Gasteiger partial charge in [0.25, 0.3) is 0 Å². The Hall–Kier alpha value is -4.68. The summed E-state index contributed by atoms with van der Waals surface area (Å²) in [7, 11) is 0. The zero-order chi connectivity index (χ0) is 28.1. The third kappa shape index (κ3) is 5.14. The third-order valence-corrected chi connectivity index (χ3v) is 8.88. The smallest absolute Gasteiger partial charge is 0.0423 e. The van der Waals surface area contributed by atoms with Gasteiger partial charge in [-0.25, -0.2) is 0 Å². The SMILES string of the molecule is CC(c1ccccc1)(c1ccccc1)c1ccc(Cc2ccc(C(C)(c3ccccc3)c3ccccc3)cc2)cc1. The van der Waals surface area contributed by atoms with Gasteiger partial charge in [0.1, 0.15) is 0 Å². The standard InChI is InChI=1S/C41H36/c1-40(34-15-7-3-8-16-34,35-17-9-4-10-18-35)38-27-23-32(24-28-38)31-33-25-29-39(30-26-33)41(2,36-19-11-5-12-20-36)37-21-13-6-14-22-37/h3-30H,31H2,1-2H3. The van der Waals surface area contributed by atoms with Crippen molar-refractivity contribution in [1.82, 2.24) is 0 Å². The zero-order valence-electron chi connectivity index (χ0n) is 23.9. The van der Waals surface area contributed by atoms with Crippen molar-refractivity contribution >= 4 is 0 Å². The second kappa shape index (κ2) is 11.4. The first-order chi connectivity index (χ1) is 20.1. The summed E-state index contributed by atoms with van der Waals surface area (Å²) >= 11 is 0. The van der Waals surface area contributed by atoms with Crippen LogP contribution in [0.2, 0.25) is 0 Å². The molecule has 0 saturated carbocycles. The highest BCUT2D eigenvalue weighted by molar-refractivity contribution is 5.52. The summed E-state index contributed by atoms with van der Waals surface area (Å²) in [6, 6.07) is 61.8. The summed E-state index contributed by atoms with van der Waals surface area (Å²) in [5.41, 5.74) is 10.0. The van der Waals surface area contributed by atoms with Crippen LogP contribution < -0.4 is 0 Å². The normalized spacial score (nSPS) is 11.8. The maximum atomic E-state index is 2.34. The summed E-state index contributed by atoms with van der Waals surface area (Å²) in [6.45, 7) is 4.67. The van der Waals surface area contributed by atoms with Crippen LogP contribution in [0.4, 0.5) is 0 Å². The molecule has 0 unspecified atom stereocenters. The summed E-state index contributed by atoms with van der Waals surface area (Å²) in [5.74, 6) is 0. The molecule has 0 bridgehead atoms. The van der Waals surface area contributed by atoms with Gasteiger partial charge in [0, 0.05) is 10.8 Å². The fourth-order valence-electron chi connectivity index (χ4n) is 6.23. The van der Waals surface area contributed by atoms with Crippen molar-refractivity contribution in [1.29, 1.82) is 0 Å². The van der Waals surface area contributed by atoms with Crippen molar-refractivity contribution in [3.8, 4) is 0 Å². The molecule has 0 radical (unpaired) electrons. The van der Waals surface area contributed by atoms with Crippen molar-refractivity contribution < 1.29 is 0 Å². The number of hydrogen-bond acceptors (Lipinski definition) is 0. The van der Waals surface area contributed by atoms with E-state index in [0.717, 1.165) is 6.42 Å².